The molecule has 298 valence electrons. The molecule has 17 nitrogen and oxygen atoms in total. The van der Waals surface area contributed by atoms with Gasteiger partial charge in [-0.15, -0.1) is 11.6 Å². The van der Waals surface area contributed by atoms with E-state index < -0.39 is 93.3 Å². The van der Waals surface area contributed by atoms with Crippen molar-refractivity contribution in [1.82, 2.24) is 35.1 Å². The Morgan fingerprint density at radius 3 is 2.08 bits per heavy atom. The predicted octanol–water partition coefficient (Wildman–Crippen LogP) is 1.25. The number of alkyl halides is 1. The minimum atomic E-state index is -4.27. The fraction of sp³-hybridized carbons (Fsp3) is 0.676. The number of halogens is 1. The van der Waals surface area contributed by atoms with Gasteiger partial charge in [0.15, 0.2) is 0 Å². The second-order valence-electron chi connectivity index (χ2n) is 13.4. The van der Waals surface area contributed by atoms with Crippen LogP contribution >= 0.6 is 11.6 Å². The Morgan fingerprint density at radius 2 is 1.57 bits per heavy atom. The van der Waals surface area contributed by atoms with Gasteiger partial charge in [-0.25, -0.2) is 23.0 Å². The van der Waals surface area contributed by atoms with E-state index in [0.717, 1.165) is 4.90 Å². The first kappa shape index (κ1) is 47.0. The highest BCUT2D eigenvalue weighted by Crippen LogP contribution is 2.19. The number of amides is 7. The highest BCUT2D eigenvalue weighted by atomic mass is 35.5. The Labute approximate surface area is 317 Å². The third-order valence-electron chi connectivity index (χ3n) is 8.40. The van der Waals surface area contributed by atoms with Gasteiger partial charge in [-0.1, -0.05) is 54.4 Å². The molecule has 0 aliphatic carbocycles. The van der Waals surface area contributed by atoms with E-state index in [2.05, 4.69) is 20.6 Å². The Hall–Kier alpha value is -4.03. The molecule has 0 saturated heterocycles. The van der Waals surface area contributed by atoms with Crippen LogP contribution in [0.3, 0.4) is 0 Å². The van der Waals surface area contributed by atoms with Crippen molar-refractivity contribution in [2.45, 2.75) is 123 Å². The van der Waals surface area contributed by atoms with E-state index in [1.807, 2.05) is 20.8 Å². The maximum Gasteiger partial charge on any atom is 0.326 e. The second kappa shape index (κ2) is 22.2. The first-order valence-corrected chi connectivity index (χ1v) is 20.0. The van der Waals surface area contributed by atoms with Crippen molar-refractivity contribution >= 4 is 63.0 Å². The van der Waals surface area contributed by atoms with Crippen LogP contribution in [-0.2, 0) is 38.8 Å². The van der Waals surface area contributed by atoms with E-state index in [9.17, 15) is 42.0 Å². The molecule has 1 rings (SSSR count). The molecule has 1 heterocycles. The number of imide groups is 3. The van der Waals surface area contributed by atoms with Gasteiger partial charge in [0.05, 0.1) is 12.5 Å². The topological polar surface area (TPSA) is 248 Å². The number of nitrogens with two attached hydrogens (primary N) is 1. The fourth-order valence-corrected chi connectivity index (χ4v) is 5.87. The quantitative estimate of drug-likeness (QED) is 0.108. The minimum absolute atomic E-state index is 0.00269. The predicted molar refractivity (Wildman–Crippen MR) is 197 cm³/mol. The van der Waals surface area contributed by atoms with E-state index in [1.165, 1.54) is 30.2 Å². The van der Waals surface area contributed by atoms with E-state index in [1.54, 1.807) is 20.8 Å². The molecule has 0 aliphatic heterocycles. The third-order valence-corrected chi connectivity index (χ3v) is 9.39. The standard InChI is InChI=1S/C34H55ClN8O9S/c1-9-12-23(35)13-16-42(22(7)32(48)43(27(44)18-24(36)11-3)34(50)31(47)41-53(8,51)52)33(49)28(21(6)10-2)40-29(45)25(17-20(4)5)39-30(46)26-19-37-14-15-38-26/h14-15,19-25,28H,9-13,16-18,36H2,1-8H3,(H,39,46)(H,40,45)(H,41,47)/t21-,22-,23?,24?,25-,28-/m0/s1. The van der Waals surface area contributed by atoms with Crippen molar-refractivity contribution in [3.8, 4) is 0 Å². The highest BCUT2D eigenvalue weighted by Gasteiger charge is 2.42. The van der Waals surface area contributed by atoms with Gasteiger partial charge in [0.25, 0.3) is 11.8 Å². The smallest absolute Gasteiger partial charge is 0.326 e. The van der Waals surface area contributed by atoms with Gasteiger partial charge in [0.2, 0.25) is 27.7 Å². The van der Waals surface area contributed by atoms with E-state index in [4.69, 9.17) is 17.3 Å². The van der Waals surface area contributed by atoms with Gasteiger partial charge in [-0.05, 0) is 44.4 Å². The zero-order valence-electron chi connectivity index (χ0n) is 31.8. The van der Waals surface area contributed by atoms with Crippen LogP contribution in [0.15, 0.2) is 18.6 Å². The van der Waals surface area contributed by atoms with Gasteiger partial charge in [-0.3, -0.25) is 38.5 Å². The summed E-state index contributed by atoms with van der Waals surface area (Å²) in [5, 5.41) is 4.96. The number of hydrogen-bond acceptors (Lipinski definition) is 12. The molecule has 7 amide bonds. The summed E-state index contributed by atoms with van der Waals surface area (Å²) in [7, 11) is -4.27. The molecule has 19 heteroatoms. The lowest BCUT2D eigenvalue weighted by Gasteiger charge is -2.36. The molecule has 0 bridgehead atoms. The molecular formula is C34H55ClN8O9S. The molecule has 6 atom stereocenters. The summed E-state index contributed by atoms with van der Waals surface area (Å²) in [4.78, 5) is 104. The number of rotatable bonds is 20. The number of carbonyl (C=O) groups is 7. The van der Waals surface area contributed by atoms with Crippen molar-refractivity contribution in [3.63, 3.8) is 0 Å². The van der Waals surface area contributed by atoms with Gasteiger partial charge in [0.1, 0.15) is 23.8 Å². The first-order chi connectivity index (χ1) is 24.7. The van der Waals surface area contributed by atoms with Gasteiger partial charge in [-0.2, -0.15) is 0 Å². The lowest BCUT2D eigenvalue weighted by atomic mass is 9.95. The van der Waals surface area contributed by atoms with E-state index in [0.29, 0.717) is 25.5 Å². The van der Waals surface area contributed by atoms with E-state index in [-0.39, 0.29) is 42.3 Å². The molecule has 1 aromatic heterocycles. The SMILES string of the molecule is CCCC(Cl)CCN(C(=O)[C@@H](NC(=O)[C@H](CC(C)C)NC(=O)c1cnccn1)[C@@H](C)CC)[C@@H](C)C(=O)N(C(=O)CC(N)CC)C(=O)C(=O)NS(C)(=O)=O. The Kier molecular flexibility index (Phi) is 19.7. The van der Waals surface area contributed by atoms with Crippen molar-refractivity contribution in [2.75, 3.05) is 12.8 Å². The van der Waals surface area contributed by atoms with Crippen LogP contribution in [0.2, 0.25) is 0 Å². The highest BCUT2D eigenvalue weighted by molar-refractivity contribution is 7.89. The van der Waals surface area contributed by atoms with Crippen molar-refractivity contribution < 1.29 is 42.0 Å². The summed E-state index contributed by atoms with van der Waals surface area (Å²) in [6.07, 6.45) is 6.28. The Morgan fingerprint density at radius 1 is 0.925 bits per heavy atom. The van der Waals surface area contributed by atoms with Crippen LogP contribution in [0.4, 0.5) is 0 Å². The van der Waals surface area contributed by atoms with Crippen molar-refractivity contribution in [1.29, 1.82) is 0 Å². The minimum Gasteiger partial charge on any atom is -0.342 e. The van der Waals surface area contributed by atoms with Crippen LogP contribution in [0.25, 0.3) is 0 Å². The van der Waals surface area contributed by atoms with Gasteiger partial charge >= 0.3 is 11.8 Å². The Balaban J connectivity index is 3.67. The molecule has 0 aliphatic rings. The van der Waals surface area contributed by atoms with Crippen LogP contribution in [0.1, 0.15) is 104 Å². The largest absolute Gasteiger partial charge is 0.342 e. The summed E-state index contributed by atoms with van der Waals surface area (Å²) in [5.74, 6) is -8.74. The van der Waals surface area contributed by atoms with Gasteiger partial charge in [0, 0.05) is 36.8 Å². The molecule has 0 spiro atoms. The monoisotopic (exact) mass is 786 g/mol. The summed E-state index contributed by atoms with van der Waals surface area (Å²) >= 11 is 6.51. The van der Waals surface area contributed by atoms with Crippen molar-refractivity contribution in [3.05, 3.63) is 24.3 Å². The molecule has 53 heavy (non-hydrogen) atoms. The van der Waals surface area contributed by atoms with Crippen LogP contribution in [0, 0.1) is 11.8 Å². The number of sulfonamides is 1. The average Bonchev–Trinajstić information content (AvgIpc) is 3.08. The third kappa shape index (κ3) is 15.5. The second-order valence-corrected chi connectivity index (χ2v) is 15.8. The van der Waals surface area contributed by atoms with Crippen LogP contribution in [0.5, 0.6) is 0 Å². The molecule has 2 unspecified atom stereocenters. The number of nitrogens with one attached hydrogen (secondary N) is 3. The molecule has 0 aromatic carbocycles. The summed E-state index contributed by atoms with van der Waals surface area (Å²) < 4.78 is 24.9. The Bertz CT molecular complexity index is 1550. The zero-order valence-corrected chi connectivity index (χ0v) is 33.3. The van der Waals surface area contributed by atoms with Crippen LogP contribution < -0.4 is 21.1 Å². The maximum atomic E-state index is 14.5. The van der Waals surface area contributed by atoms with E-state index >= 15 is 0 Å². The lowest BCUT2D eigenvalue weighted by Crippen LogP contribution is -2.61. The molecule has 1 aromatic rings. The zero-order chi connectivity index (χ0) is 40.6. The summed E-state index contributed by atoms with van der Waals surface area (Å²) in [5.41, 5.74) is 5.89. The number of aromatic nitrogens is 2. The molecule has 5 N–H and O–H groups in total. The average molecular weight is 787 g/mol. The lowest BCUT2D eigenvalue weighted by molar-refractivity contribution is -0.162. The van der Waals surface area contributed by atoms with Crippen molar-refractivity contribution in [2.24, 2.45) is 17.6 Å². The van der Waals surface area contributed by atoms with Crippen LogP contribution in [-0.4, -0.2) is 112 Å². The van der Waals surface area contributed by atoms with Gasteiger partial charge < -0.3 is 21.3 Å². The molecule has 0 saturated carbocycles. The molecule has 0 fully saturated rings. The summed E-state index contributed by atoms with van der Waals surface area (Å²) in [6, 6.07) is -4.79. The summed E-state index contributed by atoms with van der Waals surface area (Å²) in [6.45, 7) is 11.8. The number of hydrogen-bond donors (Lipinski definition) is 4. The molecular weight excluding hydrogens is 732 g/mol. The molecule has 0 radical (unpaired) electrons. The maximum absolute atomic E-state index is 14.5. The number of nitrogens with zero attached hydrogens (tertiary/aromatic N) is 4. The normalized spacial score (nSPS) is 14.8. The fourth-order valence-electron chi connectivity index (χ4n) is 5.13. The first-order valence-electron chi connectivity index (χ1n) is 17.7. The number of carbonyl (C=O) groups excluding carboxylic acids is 7.